The molecule has 0 bridgehead atoms. The fourth-order valence-corrected chi connectivity index (χ4v) is 2.63. The Morgan fingerprint density at radius 1 is 1.58 bits per heavy atom. The van der Waals surface area contributed by atoms with Crippen molar-refractivity contribution in [3.63, 3.8) is 0 Å². The minimum absolute atomic E-state index is 0.246. The summed E-state index contributed by atoms with van der Waals surface area (Å²) >= 11 is 0. The number of ether oxygens (including phenoxy) is 1. The highest BCUT2D eigenvalue weighted by atomic mass is 16.5. The Hall–Kier alpha value is -1.66. The van der Waals surface area contributed by atoms with Crippen molar-refractivity contribution in [3.05, 3.63) is 35.7 Å². The van der Waals surface area contributed by atoms with Crippen molar-refractivity contribution in [2.45, 2.75) is 32.0 Å². The highest BCUT2D eigenvalue weighted by molar-refractivity contribution is 5.14. The summed E-state index contributed by atoms with van der Waals surface area (Å²) in [7, 11) is 1.76. The Labute approximate surface area is 111 Å². The van der Waals surface area contributed by atoms with Gasteiger partial charge in [0.15, 0.2) is 0 Å². The zero-order chi connectivity index (χ0) is 13.2. The van der Waals surface area contributed by atoms with E-state index in [-0.39, 0.29) is 12.1 Å². The number of nitrogens with one attached hydrogen (secondary N) is 1. The third-order valence-electron chi connectivity index (χ3n) is 3.76. The van der Waals surface area contributed by atoms with E-state index < -0.39 is 0 Å². The van der Waals surface area contributed by atoms with Crippen LogP contribution in [0.5, 0.6) is 0 Å². The molecule has 0 amide bonds. The van der Waals surface area contributed by atoms with Crippen molar-refractivity contribution >= 4 is 0 Å². The van der Waals surface area contributed by atoms with Gasteiger partial charge in [-0.3, -0.25) is 4.90 Å². The van der Waals surface area contributed by atoms with Gasteiger partial charge in [0.25, 0.3) is 0 Å². The molecule has 0 aromatic carbocycles. The number of likely N-dealkylation sites (tertiary alicyclic amines) is 1. The van der Waals surface area contributed by atoms with Gasteiger partial charge in [-0.2, -0.15) is 0 Å². The van der Waals surface area contributed by atoms with Gasteiger partial charge in [0.2, 0.25) is 0 Å². The van der Waals surface area contributed by atoms with Gasteiger partial charge in [-0.05, 0) is 13.3 Å². The second-order valence-electron chi connectivity index (χ2n) is 4.94. The average molecular weight is 262 g/mol. The third kappa shape index (κ3) is 2.41. The van der Waals surface area contributed by atoms with Crippen LogP contribution in [0.25, 0.3) is 0 Å². The first-order valence-corrected chi connectivity index (χ1v) is 6.44. The molecule has 2 aromatic rings. The predicted octanol–water partition coefficient (Wildman–Crippen LogP) is 1.67. The zero-order valence-electron chi connectivity index (χ0n) is 11.2. The molecule has 19 heavy (non-hydrogen) atoms. The Morgan fingerprint density at radius 2 is 2.47 bits per heavy atom. The van der Waals surface area contributed by atoms with E-state index in [1.54, 1.807) is 19.6 Å². The smallest absolute Gasteiger partial charge is 0.128 e. The van der Waals surface area contributed by atoms with E-state index in [1.165, 1.54) is 0 Å². The minimum Gasteiger partial charge on any atom is -0.380 e. The summed E-state index contributed by atoms with van der Waals surface area (Å²) in [6, 6.07) is 0.259. The topological polar surface area (TPSA) is 67.2 Å². The number of hydrogen-bond acceptors (Lipinski definition) is 5. The van der Waals surface area contributed by atoms with E-state index >= 15 is 0 Å². The summed E-state index contributed by atoms with van der Waals surface area (Å²) in [5.74, 6) is 0.994. The van der Waals surface area contributed by atoms with Crippen LogP contribution >= 0.6 is 0 Å². The van der Waals surface area contributed by atoms with Crippen LogP contribution in [0.3, 0.4) is 0 Å². The largest absolute Gasteiger partial charge is 0.380 e. The van der Waals surface area contributed by atoms with Crippen molar-refractivity contribution in [1.82, 2.24) is 20.0 Å². The number of aromatic nitrogens is 3. The maximum absolute atomic E-state index is 5.50. The molecular formula is C13H18N4O2. The lowest BCUT2D eigenvalue weighted by Gasteiger charge is -2.21. The fraction of sp³-hybridized carbons (Fsp3) is 0.538. The maximum atomic E-state index is 5.50. The molecule has 1 N–H and O–H groups in total. The van der Waals surface area contributed by atoms with Gasteiger partial charge in [-0.15, -0.1) is 0 Å². The molecule has 102 valence electrons. The van der Waals surface area contributed by atoms with Gasteiger partial charge in [-0.25, -0.2) is 4.98 Å². The number of H-pyrrole nitrogens is 1. The minimum atomic E-state index is 0.246. The molecule has 0 radical (unpaired) electrons. The summed E-state index contributed by atoms with van der Waals surface area (Å²) in [6.07, 6.45) is 6.56. The first-order valence-electron chi connectivity index (χ1n) is 6.44. The molecule has 2 atom stereocenters. The van der Waals surface area contributed by atoms with Crippen molar-refractivity contribution in [3.8, 4) is 0 Å². The molecule has 1 unspecified atom stereocenters. The number of nitrogens with zero attached hydrogens (tertiary/aromatic N) is 3. The Morgan fingerprint density at radius 3 is 3.11 bits per heavy atom. The SMILES string of the molecule is CO[C@@H]1CC(c2ncc[nH]2)N(Cc2conc2C)C1. The Kier molecular flexibility index (Phi) is 3.35. The maximum Gasteiger partial charge on any atom is 0.128 e. The van der Waals surface area contributed by atoms with Gasteiger partial charge in [0.05, 0.1) is 17.8 Å². The van der Waals surface area contributed by atoms with Crippen molar-refractivity contribution in [2.24, 2.45) is 0 Å². The van der Waals surface area contributed by atoms with Gasteiger partial charge in [-0.1, -0.05) is 5.16 Å². The van der Waals surface area contributed by atoms with Crippen molar-refractivity contribution < 1.29 is 9.26 Å². The van der Waals surface area contributed by atoms with Crippen LogP contribution in [0.2, 0.25) is 0 Å². The zero-order valence-corrected chi connectivity index (χ0v) is 11.2. The number of aryl methyl sites for hydroxylation is 1. The summed E-state index contributed by atoms with van der Waals surface area (Å²) in [6.45, 7) is 3.66. The quantitative estimate of drug-likeness (QED) is 0.907. The normalized spacial score (nSPS) is 24.1. The number of imidazole rings is 1. The third-order valence-corrected chi connectivity index (χ3v) is 3.76. The molecule has 3 heterocycles. The fourth-order valence-electron chi connectivity index (χ4n) is 2.63. The average Bonchev–Trinajstić information content (AvgIpc) is 3.11. The van der Waals surface area contributed by atoms with E-state index in [4.69, 9.17) is 9.26 Å². The molecule has 0 saturated carbocycles. The Bertz CT molecular complexity index is 522. The van der Waals surface area contributed by atoms with Crippen LogP contribution in [0.4, 0.5) is 0 Å². The van der Waals surface area contributed by atoms with Crippen LogP contribution in [0.1, 0.15) is 29.5 Å². The predicted molar refractivity (Wildman–Crippen MR) is 68.4 cm³/mol. The summed E-state index contributed by atoms with van der Waals surface area (Å²) in [4.78, 5) is 9.93. The van der Waals surface area contributed by atoms with Crippen LogP contribution in [0.15, 0.2) is 23.2 Å². The molecule has 6 nitrogen and oxygen atoms in total. The van der Waals surface area contributed by atoms with Crippen molar-refractivity contribution in [1.29, 1.82) is 0 Å². The Balaban J connectivity index is 1.79. The standard InChI is InChI=1S/C13H18N4O2/c1-9-10(8-19-16-9)6-17-7-11(18-2)5-12(17)13-14-3-4-15-13/h3-4,8,11-12H,5-7H2,1-2H3,(H,14,15)/t11-,12?/m1/s1. The highest BCUT2D eigenvalue weighted by Gasteiger charge is 2.35. The van der Waals surface area contributed by atoms with Crippen LogP contribution < -0.4 is 0 Å². The molecule has 3 rings (SSSR count). The molecule has 1 aliphatic heterocycles. The summed E-state index contributed by atoms with van der Waals surface area (Å²) in [5.41, 5.74) is 2.06. The number of methoxy groups -OCH3 is 1. The molecule has 1 fully saturated rings. The van der Waals surface area contributed by atoms with Gasteiger partial charge in [0.1, 0.15) is 12.1 Å². The molecule has 1 saturated heterocycles. The van der Waals surface area contributed by atoms with Crippen LogP contribution in [-0.2, 0) is 11.3 Å². The highest BCUT2D eigenvalue weighted by Crippen LogP contribution is 2.32. The van der Waals surface area contributed by atoms with E-state index in [0.717, 1.165) is 36.6 Å². The second kappa shape index (κ2) is 5.14. The van der Waals surface area contributed by atoms with E-state index in [2.05, 4.69) is 20.0 Å². The lowest BCUT2D eigenvalue weighted by atomic mass is 10.1. The number of hydrogen-bond donors (Lipinski definition) is 1. The first-order chi connectivity index (χ1) is 9.28. The first kappa shape index (κ1) is 12.4. The molecule has 0 spiro atoms. The second-order valence-corrected chi connectivity index (χ2v) is 4.94. The molecular weight excluding hydrogens is 244 g/mol. The summed E-state index contributed by atoms with van der Waals surface area (Å²) < 4.78 is 10.5. The lowest BCUT2D eigenvalue weighted by Crippen LogP contribution is -2.25. The lowest BCUT2D eigenvalue weighted by molar-refractivity contribution is 0.107. The van der Waals surface area contributed by atoms with Crippen LogP contribution in [-0.4, -0.2) is 39.8 Å². The molecule has 6 heteroatoms. The number of rotatable bonds is 4. The van der Waals surface area contributed by atoms with Gasteiger partial charge >= 0.3 is 0 Å². The molecule has 1 aliphatic rings. The molecule has 0 aliphatic carbocycles. The van der Waals surface area contributed by atoms with Gasteiger partial charge in [0, 0.05) is 38.2 Å². The molecule has 2 aromatic heterocycles. The van der Waals surface area contributed by atoms with E-state index in [1.807, 2.05) is 13.1 Å². The van der Waals surface area contributed by atoms with Crippen LogP contribution in [0, 0.1) is 6.92 Å². The van der Waals surface area contributed by atoms with E-state index in [9.17, 15) is 0 Å². The summed E-state index contributed by atoms with van der Waals surface area (Å²) in [5, 5.41) is 3.93. The van der Waals surface area contributed by atoms with Crippen molar-refractivity contribution in [2.75, 3.05) is 13.7 Å². The van der Waals surface area contributed by atoms with E-state index in [0.29, 0.717) is 0 Å². The monoisotopic (exact) mass is 262 g/mol. The number of aromatic amines is 1. The van der Waals surface area contributed by atoms with Gasteiger partial charge < -0.3 is 14.2 Å².